The number of aryl methyl sites for hydroxylation is 1. The summed E-state index contributed by atoms with van der Waals surface area (Å²) in [6, 6.07) is 3.69. The quantitative estimate of drug-likeness (QED) is 0.923. The molecule has 0 radical (unpaired) electrons. The molecule has 24 heavy (non-hydrogen) atoms. The predicted molar refractivity (Wildman–Crippen MR) is 93.4 cm³/mol. The summed E-state index contributed by atoms with van der Waals surface area (Å²) >= 11 is 0. The summed E-state index contributed by atoms with van der Waals surface area (Å²) in [5.74, 6) is 0.454. The number of piperidine rings is 1. The zero-order chi connectivity index (χ0) is 17.1. The molecule has 2 aromatic heterocycles. The average molecular weight is 328 g/mol. The molecule has 0 aliphatic carbocycles. The third-order valence-corrected chi connectivity index (χ3v) is 4.78. The second-order valence-electron chi connectivity index (χ2n) is 6.54. The maximum absolute atomic E-state index is 12.7. The first-order chi connectivity index (χ1) is 11.6. The lowest BCUT2D eigenvalue weighted by Crippen LogP contribution is -2.41. The first-order valence-corrected chi connectivity index (χ1v) is 8.52. The number of fused-ring (bicyclic) bond motifs is 1. The largest absolute Gasteiger partial charge is 0.338 e. The van der Waals surface area contributed by atoms with Gasteiger partial charge in [0, 0.05) is 25.5 Å². The molecule has 3 heterocycles. The molecule has 3 rings (SSSR count). The van der Waals surface area contributed by atoms with Crippen molar-refractivity contribution in [2.24, 2.45) is 5.92 Å². The van der Waals surface area contributed by atoms with E-state index in [0.29, 0.717) is 24.7 Å². The summed E-state index contributed by atoms with van der Waals surface area (Å²) in [6.07, 6.45) is 6.27. The van der Waals surface area contributed by atoms with Crippen LogP contribution in [-0.4, -0.2) is 46.9 Å². The molecule has 0 aromatic carbocycles. The van der Waals surface area contributed by atoms with Gasteiger partial charge in [0.25, 0.3) is 11.5 Å². The molecule has 0 spiro atoms. The second kappa shape index (κ2) is 7.13. The summed E-state index contributed by atoms with van der Waals surface area (Å²) < 4.78 is 1.46. The molecule has 0 saturated carbocycles. The number of likely N-dealkylation sites (tertiary alicyclic amines) is 1. The Kier molecular flexibility index (Phi) is 4.94. The number of nitrogens with one attached hydrogen (secondary N) is 1. The summed E-state index contributed by atoms with van der Waals surface area (Å²) in [4.78, 5) is 31.4. The zero-order valence-corrected chi connectivity index (χ0v) is 14.3. The minimum Gasteiger partial charge on any atom is -0.338 e. The average Bonchev–Trinajstić information content (AvgIpc) is 2.61. The Morgan fingerprint density at radius 2 is 2.08 bits per heavy atom. The molecule has 0 unspecified atom stereocenters. The molecule has 1 aliphatic rings. The van der Waals surface area contributed by atoms with Crippen molar-refractivity contribution < 1.29 is 4.79 Å². The highest BCUT2D eigenvalue weighted by Crippen LogP contribution is 2.21. The highest BCUT2D eigenvalue weighted by Gasteiger charge is 2.25. The molecule has 1 aliphatic heterocycles. The van der Waals surface area contributed by atoms with Gasteiger partial charge in [0.2, 0.25) is 0 Å². The molecular formula is C18H24N4O2. The molecule has 6 heteroatoms. The monoisotopic (exact) mass is 328 g/mol. The van der Waals surface area contributed by atoms with Gasteiger partial charge < -0.3 is 10.2 Å². The Balaban J connectivity index is 1.77. The van der Waals surface area contributed by atoms with E-state index in [1.165, 1.54) is 10.6 Å². The number of rotatable bonds is 4. The van der Waals surface area contributed by atoms with Crippen LogP contribution in [0, 0.1) is 12.8 Å². The number of pyridine rings is 1. The van der Waals surface area contributed by atoms with Gasteiger partial charge in [-0.15, -0.1) is 0 Å². The molecule has 1 N–H and O–H groups in total. The number of carbonyl (C=O) groups is 1. The standard InChI is InChI=1S/C18H24N4O2/c1-13-3-4-16-20-11-15(18(24)22(16)12-13)17(23)21-9-6-14(7-10-21)5-8-19-2/h3-4,11-12,14,19H,5-10H2,1-2H3. The van der Waals surface area contributed by atoms with Gasteiger partial charge in [0.05, 0.1) is 0 Å². The van der Waals surface area contributed by atoms with Gasteiger partial charge in [-0.1, -0.05) is 6.07 Å². The number of aromatic nitrogens is 2. The van der Waals surface area contributed by atoms with E-state index in [1.54, 1.807) is 17.2 Å². The lowest BCUT2D eigenvalue weighted by Gasteiger charge is -2.31. The van der Waals surface area contributed by atoms with E-state index >= 15 is 0 Å². The Labute approximate surface area is 141 Å². The fourth-order valence-electron chi connectivity index (χ4n) is 3.27. The molecule has 0 atom stereocenters. The van der Waals surface area contributed by atoms with Crippen molar-refractivity contribution in [3.05, 3.63) is 46.0 Å². The Hall–Kier alpha value is -2.21. The van der Waals surface area contributed by atoms with E-state index in [1.807, 2.05) is 20.0 Å². The van der Waals surface area contributed by atoms with Crippen molar-refractivity contribution in [3.8, 4) is 0 Å². The first-order valence-electron chi connectivity index (χ1n) is 8.52. The van der Waals surface area contributed by atoms with Crippen LogP contribution in [0.25, 0.3) is 5.65 Å². The van der Waals surface area contributed by atoms with Crippen molar-refractivity contribution in [1.82, 2.24) is 19.6 Å². The van der Waals surface area contributed by atoms with Gasteiger partial charge in [-0.05, 0) is 57.3 Å². The van der Waals surface area contributed by atoms with E-state index in [4.69, 9.17) is 0 Å². The molecule has 1 saturated heterocycles. The van der Waals surface area contributed by atoms with Crippen LogP contribution in [0.2, 0.25) is 0 Å². The summed E-state index contributed by atoms with van der Waals surface area (Å²) in [5, 5.41) is 3.17. The lowest BCUT2D eigenvalue weighted by molar-refractivity contribution is 0.0684. The number of nitrogens with zero attached hydrogens (tertiary/aromatic N) is 3. The fraction of sp³-hybridized carbons (Fsp3) is 0.500. The van der Waals surface area contributed by atoms with E-state index in [0.717, 1.165) is 31.4 Å². The fourth-order valence-corrected chi connectivity index (χ4v) is 3.27. The topological polar surface area (TPSA) is 66.7 Å². The van der Waals surface area contributed by atoms with E-state index in [2.05, 4.69) is 10.3 Å². The number of hydrogen-bond acceptors (Lipinski definition) is 4. The smallest absolute Gasteiger partial charge is 0.270 e. The number of hydrogen-bond donors (Lipinski definition) is 1. The van der Waals surface area contributed by atoms with E-state index in [9.17, 15) is 9.59 Å². The second-order valence-corrected chi connectivity index (χ2v) is 6.54. The molecule has 1 fully saturated rings. The third-order valence-electron chi connectivity index (χ3n) is 4.78. The molecule has 6 nitrogen and oxygen atoms in total. The van der Waals surface area contributed by atoms with Crippen LogP contribution in [0.4, 0.5) is 0 Å². The first kappa shape index (κ1) is 16.6. The van der Waals surface area contributed by atoms with Crippen molar-refractivity contribution >= 4 is 11.6 Å². The van der Waals surface area contributed by atoms with Gasteiger partial charge in [-0.2, -0.15) is 0 Å². The molecule has 128 valence electrons. The Morgan fingerprint density at radius 1 is 1.33 bits per heavy atom. The van der Waals surface area contributed by atoms with Crippen LogP contribution in [-0.2, 0) is 0 Å². The summed E-state index contributed by atoms with van der Waals surface area (Å²) in [5.41, 5.74) is 1.40. The number of amides is 1. The lowest BCUT2D eigenvalue weighted by atomic mass is 9.93. The van der Waals surface area contributed by atoms with Gasteiger partial charge in [-0.25, -0.2) is 4.98 Å². The van der Waals surface area contributed by atoms with Gasteiger partial charge >= 0.3 is 0 Å². The molecule has 0 bridgehead atoms. The van der Waals surface area contributed by atoms with Crippen molar-refractivity contribution in [2.45, 2.75) is 26.2 Å². The SMILES string of the molecule is CNCCC1CCN(C(=O)c2cnc3ccc(C)cn3c2=O)CC1. The number of carbonyl (C=O) groups excluding carboxylic acids is 1. The molecule has 2 aromatic rings. The summed E-state index contributed by atoms with van der Waals surface area (Å²) in [7, 11) is 1.96. The van der Waals surface area contributed by atoms with Crippen LogP contribution in [0.3, 0.4) is 0 Å². The van der Waals surface area contributed by atoms with Crippen LogP contribution in [0.15, 0.2) is 29.3 Å². The van der Waals surface area contributed by atoms with Gasteiger partial charge in [-0.3, -0.25) is 14.0 Å². The van der Waals surface area contributed by atoms with Crippen molar-refractivity contribution in [2.75, 3.05) is 26.7 Å². The minimum absolute atomic E-state index is 0.159. The maximum atomic E-state index is 12.7. The van der Waals surface area contributed by atoms with Crippen molar-refractivity contribution in [3.63, 3.8) is 0 Å². The van der Waals surface area contributed by atoms with Gasteiger partial charge in [0.1, 0.15) is 11.2 Å². The minimum atomic E-state index is -0.286. The third kappa shape index (κ3) is 3.33. The van der Waals surface area contributed by atoms with Crippen LogP contribution in [0.1, 0.15) is 35.2 Å². The normalized spacial score (nSPS) is 15.8. The van der Waals surface area contributed by atoms with E-state index in [-0.39, 0.29) is 17.0 Å². The molecule has 1 amide bonds. The summed E-state index contributed by atoms with van der Waals surface area (Å²) in [6.45, 7) is 4.34. The predicted octanol–water partition coefficient (Wildman–Crippen LogP) is 1.46. The maximum Gasteiger partial charge on any atom is 0.270 e. The molecular weight excluding hydrogens is 304 g/mol. The highest BCUT2D eigenvalue weighted by molar-refractivity contribution is 5.93. The van der Waals surface area contributed by atoms with Gasteiger partial charge in [0.15, 0.2) is 0 Å². The highest BCUT2D eigenvalue weighted by atomic mass is 16.2. The van der Waals surface area contributed by atoms with Crippen molar-refractivity contribution in [1.29, 1.82) is 0 Å². The van der Waals surface area contributed by atoms with Crippen LogP contribution >= 0.6 is 0 Å². The Morgan fingerprint density at radius 3 is 2.79 bits per heavy atom. The van der Waals surface area contributed by atoms with Crippen LogP contribution < -0.4 is 10.9 Å². The zero-order valence-electron chi connectivity index (χ0n) is 14.3. The van der Waals surface area contributed by atoms with Crippen LogP contribution in [0.5, 0.6) is 0 Å². The van der Waals surface area contributed by atoms with E-state index < -0.39 is 0 Å². The Bertz CT molecular complexity index is 791.